The highest BCUT2D eigenvalue weighted by molar-refractivity contribution is 5.90. The molecule has 0 aliphatic carbocycles. The van der Waals surface area contributed by atoms with Crippen molar-refractivity contribution in [1.82, 2.24) is 9.97 Å². The van der Waals surface area contributed by atoms with Crippen LogP contribution in [0.4, 0.5) is 5.69 Å². The van der Waals surface area contributed by atoms with Gasteiger partial charge in [-0.05, 0) is 18.2 Å². The fraction of sp³-hybridized carbons (Fsp3) is 0.0556. The number of aliphatic hydroxyl groups is 1. The number of aromatic amines is 1. The Labute approximate surface area is 152 Å². The van der Waals surface area contributed by atoms with Crippen molar-refractivity contribution in [3.8, 4) is 6.07 Å². The normalized spacial score (nSPS) is 11.5. The number of esters is 1. The minimum absolute atomic E-state index is 0.0424. The van der Waals surface area contributed by atoms with Crippen molar-refractivity contribution in [3.05, 3.63) is 75.8 Å². The second kappa shape index (κ2) is 7.37. The second-order valence-corrected chi connectivity index (χ2v) is 5.42. The molecule has 3 rings (SSSR count). The first-order valence-electron chi connectivity index (χ1n) is 7.68. The summed E-state index contributed by atoms with van der Waals surface area (Å²) in [5.41, 5.74) is 0.824. The smallest absolute Gasteiger partial charge is 0.338 e. The van der Waals surface area contributed by atoms with Crippen molar-refractivity contribution < 1.29 is 19.6 Å². The molecule has 3 aromatic rings. The van der Waals surface area contributed by atoms with E-state index in [9.17, 15) is 25.3 Å². The van der Waals surface area contributed by atoms with E-state index in [2.05, 4.69) is 9.97 Å². The average Bonchev–Trinajstić information content (AvgIpc) is 3.10. The fourth-order valence-electron chi connectivity index (χ4n) is 2.36. The maximum atomic E-state index is 12.0. The van der Waals surface area contributed by atoms with Crippen molar-refractivity contribution in [1.29, 1.82) is 5.26 Å². The summed E-state index contributed by atoms with van der Waals surface area (Å²) in [7, 11) is 0. The van der Waals surface area contributed by atoms with Crippen molar-refractivity contribution in [2.24, 2.45) is 0 Å². The van der Waals surface area contributed by atoms with Crippen LogP contribution in [-0.4, -0.2) is 32.6 Å². The second-order valence-electron chi connectivity index (χ2n) is 5.42. The van der Waals surface area contributed by atoms with Crippen LogP contribution in [0.5, 0.6) is 0 Å². The Balaban J connectivity index is 1.79. The maximum Gasteiger partial charge on any atom is 0.338 e. The number of nitrogens with one attached hydrogen (secondary N) is 1. The Morgan fingerprint density at radius 3 is 2.78 bits per heavy atom. The van der Waals surface area contributed by atoms with Gasteiger partial charge in [0.1, 0.15) is 18.2 Å². The van der Waals surface area contributed by atoms with E-state index in [1.54, 1.807) is 24.3 Å². The third-order valence-electron chi connectivity index (χ3n) is 3.66. The van der Waals surface area contributed by atoms with Gasteiger partial charge in [0, 0.05) is 12.1 Å². The van der Waals surface area contributed by atoms with Gasteiger partial charge in [-0.1, -0.05) is 18.2 Å². The number of H-pyrrole nitrogens is 1. The number of nitro groups is 1. The van der Waals surface area contributed by atoms with Crippen molar-refractivity contribution in [2.75, 3.05) is 6.61 Å². The highest BCUT2D eigenvalue weighted by Crippen LogP contribution is 2.19. The molecule has 0 unspecified atom stereocenters. The number of ether oxygens (including phenoxy) is 1. The number of hydrogen-bond donors (Lipinski definition) is 2. The first-order valence-corrected chi connectivity index (χ1v) is 7.68. The van der Waals surface area contributed by atoms with Gasteiger partial charge in [-0.2, -0.15) is 5.26 Å². The largest absolute Gasteiger partial charge is 0.507 e. The molecule has 0 radical (unpaired) electrons. The Morgan fingerprint density at radius 1 is 1.30 bits per heavy atom. The van der Waals surface area contributed by atoms with Gasteiger partial charge in [0.25, 0.3) is 5.69 Å². The van der Waals surface area contributed by atoms with Gasteiger partial charge < -0.3 is 14.8 Å². The number of nitrogens with zero attached hydrogens (tertiary/aromatic N) is 3. The summed E-state index contributed by atoms with van der Waals surface area (Å²) in [4.78, 5) is 29.3. The van der Waals surface area contributed by atoms with E-state index in [4.69, 9.17) is 4.74 Å². The summed E-state index contributed by atoms with van der Waals surface area (Å²) in [6.45, 7) is -0.582. The van der Waals surface area contributed by atoms with Gasteiger partial charge in [0.2, 0.25) is 0 Å². The monoisotopic (exact) mass is 364 g/mol. The molecule has 2 aromatic carbocycles. The number of rotatable bonds is 5. The Bertz CT molecular complexity index is 1080. The number of allylic oxidation sites excluding steroid dienone is 1. The van der Waals surface area contributed by atoms with Crippen LogP contribution in [0.2, 0.25) is 0 Å². The van der Waals surface area contributed by atoms with Crippen molar-refractivity contribution in [2.45, 2.75) is 0 Å². The lowest BCUT2D eigenvalue weighted by atomic mass is 10.2. The molecule has 0 aliphatic heterocycles. The lowest BCUT2D eigenvalue weighted by Gasteiger charge is -2.05. The summed E-state index contributed by atoms with van der Waals surface area (Å²) >= 11 is 0. The van der Waals surface area contributed by atoms with E-state index in [0.717, 1.165) is 6.07 Å². The number of nitriles is 1. The number of imidazole rings is 1. The molecule has 27 heavy (non-hydrogen) atoms. The van der Waals surface area contributed by atoms with Gasteiger partial charge in [0.05, 0.1) is 21.5 Å². The first kappa shape index (κ1) is 17.6. The zero-order valence-electron chi connectivity index (χ0n) is 13.7. The predicted molar refractivity (Wildman–Crippen MR) is 94.6 cm³/mol. The lowest BCUT2D eigenvalue weighted by molar-refractivity contribution is -0.384. The molecule has 0 saturated heterocycles. The number of para-hydroxylation sites is 2. The quantitative estimate of drug-likeness (QED) is 0.233. The molecule has 0 atom stereocenters. The van der Waals surface area contributed by atoms with Gasteiger partial charge >= 0.3 is 5.97 Å². The highest BCUT2D eigenvalue weighted by Gasteiger charge is 2.17. The number of hydrogen-bond acceptors (Lipinski definition) is 7. The Hall–Kier alpha value is -4.19. The predicted octanol–water partition coefficient (Wildman–Crippen LogP) is 3.12. The molecule has 0 amide bonds. The van der Waals surface area contributed by atoms with Crippen LogP contribution in [0, 0.1) is 21.4 Å². The molecular weight excluding hydrogens is 352 g/mol. The fourth-order valence-corrected chi connectivity index (χ4v) is 2.36. The van der Waals surface area contributed by atoms with Gasteiger partial charge in [0.15, 0.2) is 11.6 Å². The van der Waals surface area contributed by atoms with E-state index in [-0.39, 0.29) is 22.6 Å². The topological polar surface area (TPSA) is 142 Å². The van der Waals surface area contributed by atoms with E-state index in [1.807, 2.05) is 6.07 Å². The van der Waals surface area contributed by atoms with Gasteiger partial charge in [-0.3, -0.25) is 10.1 Å². The third-order valence-corrected chi connectivity index (χ3v) is 3.66. The SMILES string of the molecule is N#C/C(=C(/O)COC(=O)c1cccc([N+](=O)[O-])c1)c1nc2ccccc2[nH]1. The number of benzene rings is 2. The van der Waals surface area contributed by atoms with Crippen LogP contribution in [0.15, 0.2) is 54.3 Å². The molecule has 2 N–H and O–H groups in total. The van der Waals surface area contributed by atoms with E-state index >= 15 is 0 Å². The van der Waals surface area contributed by atoms with Gasteiger partial charge in [-0.15, -0.1) is 0 Å². The third kappa shape index (κ3) is 3.74. The zero-order valence-corrected chi connectivity index (χ0v) is 13.7. The standard InChI is InChI=1S/C18H12N4O5/c19-9-13(17-20-14-6-1-2-7-15(14)21-17)16(23)10-27-18(24)11-4-3-5-12(8-11)22(25)26/h1-8,23H,10H2,(H,20,21)/b16-13-. The number of aliphatic hydroxyl groups excluding tert-OH is 1. The van der Waals surface area contributed by atoms with Crippen molar-refractivity contribution >= 4 is 28.3 Å². The summed E-state index contributed by atoms with van der Waals surface area (Å²) < 4.78 is 4.94. The molecule has 0 saturated carbocycles. The van der Waals surface area contributed by atoms with Crippen LogP contribution in [0.3, 0.4) is 0 Å². The van der Waals surface area contributed by atoms with Crippen LogP contribution in [0.1, 0.15) is 16.2 Å². The summed E-state index contributed by atoms with van der Waals surface area (Å²) in [6, 6.07) is 13.9. The molecule has 9 nitrogen and oxygen atoms in total. The van der Waals surface area contributed by atoms with Crippen LogP contribution in [-0.2, 0) is 4.74 Å². The molecule has 0 aliphatic rings. The number of aromatic nitrogens is 2. The number of non-ortho nitro benzene ring substituents is 1. The number of nitro benzene ring substituents is 1. The molecular formula is C18H12N4O5. The van der Waals surface area contributed by atoms with Crippen LogP contribution >= 0.6 is 0 Å². The molecule has 1 heterocycles. The maximum absolute atomic E-state index is 12.0. The minimum atomic E-state index is -0.868. The number of carbonyl (C=O) groups excluding carboxylic acids is 1. The number of carbonyl (C=O) groups is 1. The first-order chi connectivity index (χ1) is 13.0. The molecule has 0 fully saturated rings. The Morgan fingerprint density at radius 2 is 2.07 bits per heavy atom. The van der Waals surface area contributed by atoms with Crippen LogP contribution in [0.25, 0.3) is 16.6 Å². The number of fused-ring (bicyclic) bond motifs is 1. The summed E-state index contributed by atoms with van der Waals surface area (Å²) in [5, 5.41) is 30.2. The lowest BCUT2D eigenvalue weighted by Crippen LogP contribution is -2.09. The molecule has 1 aromatic heterocycles. The molecule has 134 valence electrons. The summed E-state index contributed by atoms with van der Waals surface area (Å²) in [5.74, 6) is -1.22. The zero-order chi connectivity index (χ0) is 19.4. The molecule has 0 bridgehead atoms. The molecule has 0 spiro atoms. The average molecular weight is 364 g/mol. The van der Waals surface area contributed by atoms with E-state index < -0.39 is 23.3 Å². The highest BCUT2D eigenvalue weighted by atomic mass is 16.6. The minimum Gasteiger partial charge on any atom is -0.507 e. The van der Waals surface area contributed by atoms with Crippen molar-refractivity contribution in [3.63, 3.8) is 0 Å². The van der Waals surface area contributed by atoms with E-state index in [0.29, 0.717) is 11.0 Å². The summed E-state index contributed by atoms with van der Waals surface area (Å²) in [6.07, 6.45) is 0. The molecule has 9 heteroatoms. The van der Waals surface area contributed by atoms with Gasteiger partial charge in [-0.25, -0.2) is 9.78 Å². The van der Waals surface area contributed by atoms with E-state index in [1.165, 1.54) is 18.2 Å². The Kier molecular flexibility index (Phi) is 4.81. The van der Waals surface area contributed by atoms with Crippen LogP contribution < -0.4 is 0 Å².